The summed E-state index contributed by atoms with van der Waals surface area (Å²) in [6, 6.07) is 8.03. The van der Waals surface area contributed by atoms with Crippen LogP contribution in [0.25, 0.3) is 11.4 Å². The molecule has 1 fully saturated rings. The minimum atomic E-state index is -0.108. The molecule has 1 aliphatic heterocycles. The monoisotopic (exact) mass is 286 g/mol. The van der Waals surface area contributed by atoms with Gasteiger partial charge in [-0.25, -0.2) is 4.98 Å². The summed E-state index contributed by atoms with van der Waals surface area (Å²) in [4.78, 5) is 16.5. The first-order valence-corrected chi connectivity index (χ1v) is 6.98. The number of aromatic amines is 1. The zero-order valence-electron chi connectivity index (χ0n) is 11.8. The molecule has 0 aliphatic carbocycles. The van der Waals surface area contributed by atoms with E-state index >= 15 is 0 Å². The first kappa shape index (κ1) is 13.7. The van der Waals surface area contributed by atoms with Crippen molar-refractivity contribution in [3.05, 3.63) is 36.2 Å². The number of carbonyl (C=O) groups is 1. The van der Waals surface area contributed by atoms with Crippen molar-refractivity contribution in [2.24, 2.45) is 0 Å². The maximum atomic E-state index is 12.4. The fraction of sp³-hybridized carbons (Fsp3) is 0.357. The smallest absolute Gasteiger partial charge is 0.252 e. The van der Waals surface area contributed by atoms with Gasteiger partial charge in [0.15, 0.2) is 5.82 Å². The summed E-state index contributed by atoms with van der Waals surface area (Å²) >= 11 is 0. The number of amides is 1. The van der Waals surface area contributed by atoms with Crippen LogP contribution in [-0.2, 0) is 0 Å². The maximum Gasteiger partial charge on any atom is 0.252 e. The van der Waals surface area contributed by atoms with Crippen LogP contribution < -0.4 is 16.2 Å². The normalized spacial score (nSPS) is 21.4. The largest absolute Gasteiger partial charge is 0.350 e. The SMILES string of the molecule is CC1CC(CNC(=O)c2ccccc2-c2ncn[nH]2)NN1. The predicted molar refractivity (Wildman–Crippen MR) is 78.3 cm³/mol. The van der Waals surface area contributed by atoms with Gasteiger partial charge in [-0.05, 0) is 19.4 Å². The van der Waals surface area contributed by atoms with Gasteiger partial charge in [-0.2, -0.15) is 5.10 Å². The van der Waals surface area contributed by atoms with Crippen molar-refractivity contribution in [1.29, 1.82) is 0 Å². The molecule has 1 aliphatic rings. The number of nitrogens with zero attached hydrogens (tertiary/aromatic N) is 2. The predicted octanol–water partition coefficient (Wildman–Crippen LogP) is 0.456. The van der Waals surface area contributed by atoms with Gasteiger partial charge in [-0.15, -0.1) is 0 Å². The van der Waals surface area contributed by atoms with E-state index in [1.54, 1.807) is 6.07 Å². The Morgan fingerprint density at radius 1 is 1.38 bits per heavy atom. The number of aromatic nitrogens is 3. The highest BCUT2D eigenvalue weighted by Crippen LogP contribution is 2.19. The third-order valence-corrected chi connectivity index (χ3v) is 3.52. The Morgan fingerprint density at radius 2 is 2.24 bits per heavy atom. The summed E-state index contributed by atoms with van der Waals surface area (Å²) in [5.74, 6) is 0.485. The van der Waals surface area contributed by atoms with Crippen molar-refractivity contribution in [3.8, 4) is 11.4 Å². The number of H-pyrrole nitrogens is 1. The second-order valence-corrected chi connectivity index (χ2v) is 5.21. The molecule has 0 saturated carbocycles. The van der Waals surface area contributed by atoms with Gasteiger partial charge in [0.2, 0.25) is 0 Å². The molecule has 0 radical (unpaired) electrons. The van der Waals surface area contributed by atoms with Crippen LogP contribution >= 0.6 is 0 Å². The standard InChI is InChI=1S/C14H18N6O/c1-9-6-10(19-18-9)7-15-14(21)12-5-3-2-4-11(12)13-16-8-17-20-13/h2-5,8-10,18-19H,6-7H2,1H3,(H,15,21)(H,16,17,20). The molecule has 2 heterocycles. The van der Waals surface area contributed by atoms with E-state index in [4.69, 9.17) is 0 Å². The van der Waals surface area contributed by atoms with Crippen LogP contribution in [0.3, 0.4) is 0 Å². The van der Waals surface area contributed by atoms with Crippen molar-refractivity contribution in [2.75, 3.05) is 6.54 Å². The Hall–Kier alpha value is -2.25. The van der Waals surface area contributed by atoms with Gasteiger partial charge in [0.1, 0.15) is 6.33 Å². The molecule has 1 amide bonds. The van der Waals surface area contributed by atoms with Gasteiger partial charge in [0.05, 0.1) is 5.56 Å². The topological polar surface area (TPSA) is 94.7 Å². The summed E-state index contributed by atoms with van der Waals surface area (Å²) in [7, 11) is 0. The number of nitrogens with one attached hydrogen (secondary N) is 4. The van der Waals surface area contributed by atoms with E-state index in [2.05, 4.69) is 38.3 Å². The van der Waals surface area contributed by atoms with Gasteiger partial charge < -0.3 is 5.32 Å². The lowest BCUT2D eigenvalue weighted by Crippen LogP contribution is -2.40. The molecule has 21 heavy (non-hydrogen) atoms. The average molecular weight is 286 g/mol. The second kappa shape index (κ2) is 6.02. The molecule has 4 N–H and O–H groups in total. The van der Waals surface area contributed by atoms with E-state index in [0.717, 1.165) is 12.0 Å². The summed E-state index contributed by atoms with van der Waals surface area (Å²) in [6.45, 7) is 2.69. The van der Waals surface area contributed by atoms with Gasteiger partial charge >= 0.3 is 0 Å². The van der Waals surface area contributed by atoms with E-state index in [-0.39, 0.29) is 11.9 Å². The van der Waals surface area contributed by atoms with Crippen LogP contribution in [0.1, 0.15) is 23.7 Å². The highest BCUT2D eigenvalue weighted by molar-refractivity contribution is 6.00. The Balaban J connectivity index is 1.70. The number of carbonyl (C=O) groups excluding carboxylic acids is 1. The molecule has 2 aromatic rings. The minimum Gasteiger partial charge on any atom is -0.350 e. The number of hydrogen-bond acceptors (Lipinski definition) is 5. The van der Waals surface area contributed by atoms with Crippen molar-refractivity contribution in [3.63, 3.8) is 0 Å². The molecule has 0 spiro atoms. The lowest BCUT2D eigenvalue weighted by molar-refractivity contribution is 0.0950. The molecule has 7 nitrogen and oxygen atoms in total. The summed E-state index contributed by atoms with van der Waals surface area (Å²) in [5, 5.41) is 9.58. The van der Waals surface area contributed by atoms with Crippen molar-refractivity contribution >= 4 is 5.91 Å². The molecule has 1 aromatic carbocycles. The van der Waals surface area contributed by atoms with Gasteiger partial charge in [-0.1, -0.05) is 18.2 Å². The quantitative estimate of drug-likeness (QED) is 0.655. The minimum absolute atomic E-state index is 0.108. The molecule has 0 bridgehead atoms. The number of rotatable bonds is 4. The number of hydrazine groups is 1. The second-order valence-electron chi connectivity index (χ2n) is 5.21. The van der Waals surface area contributed by atoms with E-state index in [1.807, 2.05) is 18.2 Å². The number of benzene rings is 1. The van der Waals surface area contributed by atoms with Crippen LogP contribution in [0.4, 0.5) is 0 Å². The molecule has 1 aromatic heterocycles. The Kier molecular flexibility index (Phi) is 3.94. The van der Waals surface area contributed by atoms with E-state index in [0.29, 0.717) is 24.0 Å². The van der Waals surface area contributed by atoms with Gasteiger partial charge in [0, 0.05) is 24.2 Å². The van der Waals surface area contributed by atoms with Crippen molar-refractivity contribution in [1.82, 2.24) is 31.3 Å². The Labute approximate surface area is 122 Å². The summed E-state index contributed by atoms with van der Waals surface area (Å²) < 4.78 is 0. The van der Waals surface area contributed by atoms with Crippen molar-refractivity contribution in [2.45, 2.75) is 25.4 Å². The third-order valence-electron chi connectivity index (χ3n) is 3.52. The first-order valence-electron chi connectivity index (χ1n) is 6.98. The molecular formula is C14H18N6O. The highest BCUT2D eigenvalue weighted by atomic mass is 16.1. The lowest BCUT2D eigenvalue weighted by Gasteiger charge is -2.12. The van der Waals surface area contributed by atoms with Crippen LogP contribution in [0.5, 0.6) is 0 Å². The molecule has 2 unspecified atom stereocenters. The molecule has 7 heteroatoms. The highest BCUT2D eigenvalue weighted by Gasteiger charge is 2.21. The Bertz CT molecular complexity index is 612. The van der Waals surface area contributed by atoms with E-state index in [1.165, 1.54) is 6.33 Å². The zero-order chi connectivity index (χ0) is 14.7. The summed E-state index contributed by atoms with van der Waals surface area (Å²) in [5.41, 5.74) is 7.64. The fourth-order valence-corrected chi connectivity index (χ4v) is 2.47. The molecule has 1 saturated heterocycles. The third kappa shape index (κ3) is 3.09. The average Bonchev–Trinajstić information content (AvgIpc) is 3.16. The molecule has 2 atom stereocenters. The fourth-order valence-electron chi connectivity index (χ4n) is 2.47. The van der Waals surface area contributed by atoms with Crippen LogP contribution in [0.15, 0.2) is 30.6 Å². The van der Waals surface area contributed by atoms with E-state index in [9.17, 15) is 4.79 Å². The zero-order valence-corrected chi connectivity index (χ0v) is 11.8. The van der Waals surface area contributed by atoms with Crippen LogP contribution in [0, 0.1) is 0 Å². The van der Waals surface area contributed by atoms with E-state index < -0.39 is 0 Å². The van der Waals surface area contributed by atoms with Crippen LogP contribution in [-0.4, -0.2) is 39.7 Å². The summed E-state index contributed by atoms with van der Waals surface area (Å²) in [6.07, 6.45) is 2.42. The number of hydrogen-bond donors (Lipinski definition) is 4. The Morgan fingerprint density at radius 3 is 2.95 bits per heavy atom. The first-order chi connectivity index (χ1) is 10.2. The van der Waals surface area contributed by atoms with Crippen molar-refractivity contribution < 1.29 is 4.79 Å². The maximum absolute atomic E-state index is 12.4. The molecule has 3 rings (SSSR count). The van der Waals surface area contributed by atoms with Gasteiger partial charge in [0.25, 0.3) is 5.91 Å². The molecular weight excluding hydrogens is 268 g/mol. The van der Waals surface area contributed by atoms with Crippen LogP contribution in [0.2, 0.25) is 0 Å². The molecule has 110 valence electrons. The lowest BCUT2D eigenvalue weighted by atomic mass is 10.1. The van der Waals surface area contributed by atoms with Gasteiger partial charge in [-0.3, -0.25) is 20.7 Å².